The van der Waals surface area contributed by atoms with Crippen molar-refractivity contribution in [2.75, 3.05) is 39.4 Å². The van der Waals surface area contributed by atoms with E-state index in [0.717, 1.165) is 30.1 Å². The standard InChI is InChI=1S/C24H30FN5O3S/c1-3-32-23(33-4-2)17-30-16-21(26-27-30)24(31)29-12-10-28(11-13-29)15-20-8-9-22(34-20)18-6-5-7-19(25)14-18/h5-9,14,16,23H,3-4,10-13,15,17H2,1-2H3. The van der Waals surface area contributed by atoms with Crippen LogP contribution in [0.2, 0.25) is 0 Å². The van der Waals surface area contributed by atoms with Gasteiger partial charge in [-0.2, -0.15) is 0 Å². The van der Waals surface area contributed by atoms with Gasteiger partial charge in [-0.25, -0.2) is 9.07 Å². The lowest BCUT2D eigenvalue weighted by molar-refractivity contribution is -0.145. The fourth-order valence-corrected chi connectivity index (χ4v) is 4.96. The fourth-order valence-electron chi connectivity index (χ4n) is 3.91. The van der Waals surface area contributed by atoms with Crippen LogP contribution >= 0.6 is 11.3 Å². The molecule has 34 heavy (non-hydrogen) atoms. The van der Waals surface area contributed by atoms with Crippen molar-refractivity contribution < 1.29 is 18.7 Å². The molecule has 8 nitrogen and oxygen atoms in total. The Balaban J connectivity index is 1.28. The molecule has 182 valence electrons. The second-order valence-electron chi connectivity index (χ2n) is 8.01. The molecule has 10 heteroatoms. The Labute approximate surface area is 202 Å². The van der Waals surface area contributed by atoms with Crippen LogP contribution in [0.4, 0.5) is 4.39 Å². The van der Waals surface area contributed by atoms with Crippen LogP contribution in [0.15, 0.2) is 42.6 Å². The van der Waals surface area contributed by atoms with Crippen LogP contribution in [0.1, 0.15) is 29.2 Å². The Kier molecular flexibility index (Phi) is 8.39. The summed E-state index contributed by atoms with van der Waals surface area (Å²) in [7, 11) is 0. The van der Waals surface area contributed by atoms with Crippen molar-refractivity contribution in [3.05, 3.63) is 59.0 Å². The van der Waals surface area contributed by atoms with Crippen molar-refractivity contribution in [3.63, 3.8) is 0 Å². The summed E-state index contributed by atoms with van der Waals surface area (Å²) >= 11 is 1.68. The quantitative estimate of drug-likeness (QED) is 0.408. The highest BCUT2D eigenvalue weighted by atomic mass is 32.1. The van der Waals surface area contributed by atoms with Gasteiger partial charge in [0.05, 0.1) is 12.7 Å². The van der Waals surface area contributed by atoms with Crippen molar-refractivity contribution in [1.82, 2.24) is 24.8 Å². The lowest BCUT2D eigenvalue weighted by atomic mass is 10.2. The Bertz CT molecular complexity index is 1070. The zero-order chi connectivity index (χ0) is 23.9. The highest BCUT2D eigenvalue weighted by Crippen LogP contribution is 2.29. The normalized spacial score (nSPS) is 14.8. The number of carbonyl (C=O) groups excluding carboxylic acids is 1. The predicted molar refractivity (Wildman–Crippen MR) is 128 cm³/mol. The number of hydrogen-bond acceptors (Lipinski definition) is 7. The van der Waals surface area contributed by atoms with Crippen molar-refractivity contribution in [1.29, 1.82) is 0 Å². The van der Waals surface area contributed by atoms with Crippen LogP contribution in [-0.4, -0.2) is 76.4 Å². The maximum Gasteiger partial charge on any atom is 0.276 e. The highest BCUT2D eigenvalue weighted by Gasteiger charge is 2.25. The van der Waals surface area contributed by atoms with Crippen LogP contribution in [-0.2, 0) is 22.6 Å². The average Bonchev–Trinajstić information content (AvgIpc) is 3.49. The molecule has 1 aromatic carbocycles. The molecule has 0 spiro atoms. The number of rotatable bonds is 10. The highest BCUT2D eigenvalue weighted by molar-refractivity contribution is 7.15. The molecule has 1 amide bonds. The summed E-state index contributed by atoms with van der Waals surface area (Å²) in [6, 6.07) is 10.8. The maximum atomic E-state index is 13.5. The largest absolute Gasteiger partial charge is 0.351 e. The number of nitrogens with zero attached hydrogens (tertiary/aromatic N) is 5. The number of hydrogen-bond donors (Lipinski definition) is 0. The molecule has 3 aromatic rings. The van der Waals surface area contributed by atoms with Crippen LogP contribution in [0.25, 0.3) is 10.4 Å². The van der Waals surface area contributed by atoms with E-state index < -0.39 is 6.29 Å². The second kappa shape index (κ2) is 11.7. The molecule has 0 atom stereocenters. The molecule has 3 heterocycles. The summed E-state index contributed by atoms with van der Waals surface area (Å²) in [4.78, 5) is 19.3. The van der Waals surface area contributed by atoms with Crippen LogP contribution in [0.3, 0.4) is 0 Å². The SMILES string of the molecule is CCOC(Cn1cc(C(=O)N2CCN(Cc3ccc(-c4cccc(F)c4)s3)CC2)nn1)OCC. The first-order valence-electron chi connectivity index (χ1n) is 11.5. The Morgan fingerprint density at radius 1 is 1.12 bits per heavy atom. The average molecular weight is 488 g/mol. The molecular weight excluding hydrogens is 457 g/mol. The van der Waals surface area contributed by atoms with E-state index in [4.69, 9.17) is 9.47 Å². The van der Waals surface area contributed by atoms with Gasteiger partial charge in [-0.1, -0.05) is 17.3 Å². The number of carbonyl (C=O) groups is 1. The third kappa shape index (κ3) is 6.26. The van der Waals surface area contributed by atoms with Gasteiger partial charge in [0.25, 0.3) is 5.91 Å². The summed E-state index contributed by atoms with van der Waals surface area (Å²) < 4.78 is 26.2. The zero-order valence-corrected chi connectivity index (χ0v) is 20.3. The number of amides is 1. The van der Waals surface area contributed by atoms with Crippen LogP contribution in [0.5, 0.6) is 0 Å². The van der Waals surface area contributed by atoms with Crippen molar-refractivity contribution in [2.24, 2.45) is 0 Å². The van der Waals surface area contributed by atoms with Gasteiger partial charge in [0.1, 0.15) is 5.82 Å². The number of benzene rings is 1. The first kappa shape index (κ1) is 24.5. The van der Waals surface area contributed by atoms with Gasteiger partial charge in [-0.15, -0.1) is 16.4 Å². The van der Waals surface area contributed by atoms with E-state index in [1.165, 1.54) is 10.9 Å². The van der Waals surface area contributed by atoms with Gasteiger partial charge in [-0.05, 0) is 43.7 Å². The van der Waals surface area contributed by atoms with Crippen molar-refractivity contribution in [3.8, 4) is 10.4 Å². The number of aromatic nitrogens is 3. The van der Waals surface area contributed by atoms with E-state index in [-0.39, 0.29) is 11.7 Å². The molecule has 4 rings (SSSR count). The minimum Gasteiger partial charge on any atom is -0.351 e. The maximum absolute atomic E-state index is 13.5. The summed E-state index contributed by atoms with van der Waals surface area (Å²) in [5, 5.41) is 8.13. The predicted octanol–water partition coefficient (Wildman–Crippen LogP) is 3.50. The monoisotopic (exact) mass is 487 g/mol. The fraction of sp³-hybridized carbons (Fsp3) is 0.458. The second-order valence-corrected chi connectivity index (χ2v) is 9.18. The molecule has 1 saturated heterocycles. The minimum absolute atomic E-state index is 0.111. The van der Waals surface area contributed by atoms with E-state index >= 15 is 0 Å². The molecule has 1 aliphatic heterocycles. The first-order chi connectivity index (χ1) is 16.6. The van der Waals surface area contributed by atoms with Crippen LogP contribution < -0.4 is 0 Å². The first-order valence-corrected chi connectivity index (χ1v) is 12.4. The van der Waals surface area contributed by atoms with Gasteiger partial charge in [0, 0.05) is 55.7 Å². The Morgan fingerprint density at radius 2 is 1.88 bits per heavy atom. The lowest BCUT2D eigenvalue weighted by Gasteiger charge is -2.34. The smallest absolute Gasteiger partial charge is 0.276 e. The van der Waals surface area contributed by atoms with E-state index in [2.05, 4.69) is 21.3 Å². The molecule has 0 saturated carbocycles. The van der Waals surface area contributed by atoms with E-state index in [0.29, 0.717) is 38.5 Å². The molecule has 1 fully saturated rings. The van der Waals surface area contributed by atoms with Gasteiger partial charge in [0.15, 0.2) is 12.0 Å². The third-order valence-corrected chi connectivity index (χ3v) is 6.73. The number of piperazine rings is 1. The minimum atomic E-state index is -0.415. The van der Waals surface area contributed by atoms with Gasteiger partial charge in [0.2, 0.25) is 0 Å². The molecule has 1 aliphatic rings. The van der Waals surface area contributed by atoms with Gasteiger partial charge in [-0.3, -0.25) is 9.69 Å². The molecule has 0 radical (unpaired) electrons. The van der Waals surface area contributed by atoms with Crippen molar-refractivity contribution in [2.45, 2.75) is 33.2 Å². The number of thiophene rings is 1. The third-order valence-electron chi connectivity index (χ3n) is 5.61. The molecule has 0 bridgehead atoms. The lowest BCUT2D eigenvalue weighted by Crippen LogP contribution is -2.48. The molecule has 2 aromatic heterocycles. The number of ether oxygens (including phenoxy) is 2. The summed E-state index contributed by atoms with van der Waals surface area (Å²) in [5.74, 6) is -0.337. The van der Waals surface area contributed by atoms with Gasteiger partial charge >= 0.3 is 0 Å². The van der Waals surface area contributed by atoms with E-state index in [1.807, 2.05) is 30.9 Å². The summed E-state index contributed by atoms with van der Waals surface area (Å²) in [6.45, 7) is 8.91. The van der Waals surface area contributed by atoms with E-state index in [9.17, 15) is 9.18 Å². The van der Waals surface area contributed by atoms with Crippen molar-refractivity contribution >= 4 is 17.2 Å². The molecule has 0 aliphatic carbocycles. The zero-order valence-electron chi connectivity index (χ0n) is 19.5. The van der Waals surface area contributed by atoms with Crippen LogP contribution in [0, 0.1) is 5.82 Å². The van der Waals surface area contributed by atoms with E-state index in [1.54, 1.807) is 34.3 Å². The Morgan fingerprint density at radius 3 is 2.59 bits per heavy atom. The topological polar surface area (TPSA) is 72.7 Å². The Hall–Kier alpha value is -2.66. The molecular formula is C24H30FN5O3S. The molecule has 0 unspecified atom stereocenters. The van der Waals surface area contributed by atoms with Gasteiger partial charge < -0.3 is 14.4 Å². The molecule has 0 N–H and O–H groups in total. The summed E-state index contributed by atoms with van der Waals surface area (Å²) in [5.41, 5.74) is 1.23. The number of halogens is 1. The summed E-state index contributed by atoms with van der Waals surface area (Å²) in [6.07, 6.45) is 1.24.